The molecule has 0 amide bonds. The summed E-state index contributed by atoms with van der Waals surface area (Å²) in [6, 6.07) is 13.8. The van der Waals surface area contributed by atoms with Crippen LogP contribution < -0.4 is 0 Å². The predicted molar refractivity (Wildman–Crippen MR) is 70.7 cm³/mol. The van der Waals surface area contributed by atoms with Crippen LogP contribution in [0.15, 0.2) is 46.7 Å². The van der Waals surface area contributed by atoms with Crippen LogP contribution in [0.5, 0.6) is 0 Å². The minimum absolute atomic E-state index is 0.724. The van der Waals surface area contributed by atoms with Crippen molar-refractivity contribution in [2.75, 3.05) is 0 Å². The highest BCUT2D eigenvalue weighted by atomic mass is 31.1. The Morgan fingerprint density at radius 2 is 1.94 bits per heavy atom. The van der Waals surface area contributed by atoms with Crippen LogP contribution in [0.3, 0.4) is 0 Å². The lowest BCUT2D eigenvalue weighted by molar-refractivity contribution is 0.563. The zero-order chi connectivity index (χ0) is 11.8. The van der Waals surface area contributed by atoms with Crippen molar-refractivity contribution in [3.8, 4) is 0 Å². The quantitative estimate of drug-likeness (QED) is 0.569. The maximum absolute atomic E-state index is 11.9. The van der Waals surface area contributed by atoms with Crippen molar-refractivity contribution < 1.29 is 8.76 Å². The molecular formula is C14H12O2P+. The number of benzene rings is 2. The minimum Gasteiger partial charge on any atom is -0.250 e. The summed E-state index contributed by atoms with van der Waals surface area (Å²) in [7, 11) is -1.76. The van der Waals surface area contributed by atoms with Gasteiger partial charge in [0.25, 0.3) is 0 Å². The molecule has 0 spiro atoms. The largest absolute Gasteiger partial charge is 0.597 e. The lowest BCUT2D eigenvalue weighted by Gasteiger charge is -1.99. The summed E-state index contributed by atoms with van der Waals surface area (Å²) in [5, 5.41) is 2.88. The van der Waals surface area contributed by atoms with Gasteiger partial charge in [-0.2, -0.15) is 0 Å². The van der Waals surface area contributed by atoms with Gasteiger partial charge in [0.2, 0.25) is 5.12 Å². The number of aryl methyl sites for hydroxylation is 1. The first kappa shape index (κ1) is 10.5. The fourth-order valence-corrected chi connectivity index (χ4v) is 3.12. The monoisotopic (exact) mass is 243 g/mol. The highest BCUT2D eigenvalue weighted by Crippen LogP contribution is 2.35. The molecule has 3 heteroatoms. The normalized spacial score (nSPS) is 12.2. The van der Waals surface area contributed by atoms with Gasteiger partial charge in [-0.25, -0.2) is 4.20 Å². The van der Waals surface area contributed by atoms with Crippen LogP contribution in [0.4, 0.5) is 0 Å². The third-order valence-corrected chi connectivity index (χ3v) is 4.17. The van der Waals surface area contributed by atoms with Crippen molar-refractivity contribution in [2.24, 2.45) is 0 Å². The SMILES string of the molecule is CCc1ccc2o[p+](=O)c3ccccc3c2c1. The molecule has 3 aromatic rings. The number of hydrogen-bond donors (Lipinski definition) is 0. The highest BCUT2D eigenvalue weighted by molar-refractivity contribution is 7.37. The molecule has 0 N–H and O–H groups in total. The van der Waals surface area contributed by atoms with Crippen molar-refractivity contribution in [3.05, 3.63) is 48.0 Å². The van der Waals surface area contributed by atoms with Gasteiger partial charge in [0, 0.05) is 10.8 Å². The average molecular weight is 243 g/mol. The van der Waals surface area contributed by atoms with E-state index in [-0.39, 0.29) is 0 Å². The second-order valence-corrected chi connectivity index (χ2v) is 5.23. The van der Waals surface area contributed by atoms with Crippen LogP contribution in [-0.2, 0) is 11.0 Å². The summed E-state index contributed by atoms with van der Waals surface area (Å²) in [5.74, 6) is 0. The maximum atomic E-state index is 11.9. The fourth-order valence-electron chi connectivity index (χ4n) is 2.09. The highest BCUT2D eigenvalue weighted by Gasteiger charge is 2.15. The Bertz CT molecular complexity index is 759. The zero-order valence-electron chi connectivity index (χ0n) is 9.51. The average Bonchev–Trinajstić information content (AvgIpc) is 2.39. The lowest BCUT2D eigenvalue weighted by Crippen LogP contribution is -1.81. The van der Waals surface area contributed by atoms with Gasteiger partial charge < -0.3 is 0 Å². The molecule has 1 unspecified atom stereocenters. The molecule has 84 valence electrons. The van der Waals surface area contributed by atoms with E-state index in [0.717, 1.165) is 27.9 Å². The number of fused-ring (bicyclic) bond motifs is 3. The maximum Gasteiger partial charge on any atom is 0.597 e. The topological polar surface area (TPSA) is 30.2 Å². The van der Waals surface area contributed by atoms with Crippen molar-refractivity contribution in [1.29, 1.82) is 0 Å². The summed E-state index contributed by atoms with van der Waals surface area (Å²) >= 11 is 0. The van der Waals surface area contributed by atoms with E-state index < -0.39 is 7.65 Å². The van der Waals surface area contributed by atoms with Gasteiger partial charge >= 0.3 is 7.65 Å². The minimum atomic E-state index is -1.76. The van der Waals surface area contributed by atoms with Gasteiger partial charge in [0.15, 0.2) is 5.58 Å². The van der Waals surface area contributed by atoms with Crippen molar-refractivity contribution in [1.82, 2.24) is 0 Å². The predicted octanol–water partition coefficient (Wildman–Crippen LogP) is 4.89. The van der Waals surface area contributed by atoms with E-state index in [1.54, 1.807) is 0 Å². The first-order valence-electron chi connectivity index (χ1n) is 5.67. The third-order valence-electron chi connectivity index (χ3n) is 3.02. The third kappa shape index (κ3) is 1.65. The standard InChI is InChI=1S/C14H12O2P/c1-2-10-7-8-13-12(9-10)11-5-3-4-6-14(11)17(15)16-13/h3-9H,2H2,1H3/q+1. The van der Waals surface area contributed by atoms with Crippen LogP contribution in [0.25, 0.3) is 21.5 Å². The molecule has 0 aliphatic rings. The van der Waals surface area contributed by atoms with E-state index in [9.17, 15) is 4.57 Å². The Morgan fingerprint density at radius 1 is 1.12 bits per heavy atom. The van der Waals surface area contributed by atoms with Crippen LogP contribution in [0.1, 0.15) is 12.5 Å². The first-order chi connectivity index (χ1) is 8.29. The van der Waals surface area contributed by atoms with E-state index in [0.29, 0.717) is 0 Å². The van der Waals surface area contributed by atoms with E-state index >= 15 is 0 Å². The van der Waals surface area contributed by atoms with E-state index in [1.807, 2.05) is 36.4 Å². The van der Waals surface area contributed by atoms with Gasteiger partial charge in [-0.15, -0.1) is 0 Å². The molecule has 3 rings (SSSR count). The second kappa shape index (κ2) is 3.97. The van der Waals surface area contributed by atoms with Crippen molar-refractivity contribution >= 4 is 29.1 Å². The van der Waals surface area contributed by atoms with Crippen LogP contribution in [-0.4, -0.2) is 0 Å². The Kier molecular flexibility index (Phi) is 2.45. The fraction of sp³-hybridized carbons (Fsp3) is 0.143. The molecule has 2 nitrogen and oxygen atoms in total. The molecule has 0 aliphatic heterocycles. The molecule has 0 fully saturated rings. The zero-order valence-corrected chi connectivity index (χ0v) is 10.4. The van der Waals surface area contributed by atoms with Crippen LogP contribution in [0.2, 0.25) is 0 Å². The Balaban J connectivity index is 2.56. The van der Waals surface area contributed by atoms with Gasteiger partial charge in [-0.3, -0.25) is 0 Å². The molecule has 1 aromatic heterocycles. The van der Waals surface area contributed by atoms with E-state index in [2.05, 4.69) is 13.0 Å². The number of rotatable bonds is 1. The summed E-state index contributed by atoms with van der Waals surface area (Å²) in [4.78, 5) is 0. The molecule has 1 atom stereocenters. The summed E-state index contributed by atoms with van der Waals surface area (Å²) in [6.07, 6.45) is 0.988. The molecule has 1 heterocycles. The molecule has 0 aliphatic carbocycles. The lowest BCUT2D eigenvalue weighted by atomic mass is 10.1. The molecule has 0 saturated carbocycles. The van der Waals surface area contributed by atoms with Crippen molar-refractivity contribution in [3.63, 3.8) is 0 Å². The molecule has 0 radical (unpaired) electrons. The van der Waals surface area contributed by atoms with Gasteiger partial charge in [-0.1, -0.05) is 25.1 Å². The Hall–Kier alpha value is -1.66. The van der Waals surface area contributed by atoms with Gasteiger partial charge in [0.05, 0.1) is 0 Å². The Labute approximate surface area is 99.7 Å². The summed E-state index contributed by atoms with van der Waals surface area (Å²) < 4.78 is 17.4. The Morgan fingerprint density at radius 3 is 2.76 bits per heavy atom. The summed E-state index contributed by atoms with van der Waals surface area (Å²) in [5.41, 5.74) is 1.99. The smallest absolute Gasteiger partial charge is 0.250 e. The summed E-state index contributed by atoms with van der Waals surface area (Å²) in [6.45, 7) is 2.12. The van der Waals surface area contributed by atoms with Crippen LogP contribution >= 0.6 is 7.65 Å². The molecule has 2 aromatic carbocycles. The molecular weight excluding hydrogens is 231 g/mol. The molecule has 0 saturated heterocycles. The van der Waals surface area contributed by atoms with Gasteiger partial charge in [-0.05, 0) is 40.8 Å². The van der Waals surface area contributed by atoms with Gasteiger partial charge in [0.1, 0.15) is 0 Å². The van der Waals surface area contributed by atoms with E-state index in [4.69, 9.17) is 4.20 Å². The van der Waals surface area contributed by atoms with Crippen LogP contribution in [0, 0.1) is 0 Å². The number of hydrogen-bond acceptors (Lipinski definition) is 2. The molecule has 0 bridgehead atoms. The molecule has 17 heavy (non-hydrogen) atoms. The second-order valence-electron chi connectivity index (χ2n) is 4.05. The first-order valence-corrected chi connectivity index (χ1v) is 6.85. The van der Waals surface area contributed by atoms with E-state index in [1.165, 1.54) is 5.56 Å². The van der Waals surface area contributed by atoms with Crippen molar-refractivity contribution in [2.45, 2.75) is 13.3 Å².